The molecule has 0 radical (unpaired) electrons. The summed E-state index contributed by atoms with van der Waals surface area (Å²) >= 11 is -0.121. The van der Waals surface area contributed by atoms with Gasteiger partial charge in [-0.05, 0) is 36.4 Å². The highest BCUT2D eigenvalue weighted by Crippen LogP contribution is 2.53. The van der Waals surface area contributed by atoms with Crippen LogP contribution in [0.3, 0.4) is 0 Å². The second kappa shape index (κ2) is 12.0. The smallest absolute Gasteiger partial charge is 0.460 e. The van der Waals surface area contributed by atoms with Crippen LogP contribution in [-0.4, -0.2) is 64.9 Å². The maximum atomic E-state index is 15.0. The molecular weight excluding hydrogens is 649 g/mol. The SMILES string of the molecule is CC(=O)Nc1c(SC#N)c(OCC(F)(F)C(F)(F)C(F)(F)C(F)(F)F)nn1-c1cc(C(=O)NCC(F)(F)F)c(C)cc1F. The fourth-order valence-electron chi connectivity index (χ4n) is 3.07. The highest BCUT2D eigenvalue weighted by atomic mass is 32.2. The molecule has 22 heteroatoms. The van der Waals surface area contributed by atoms with Gasteiger partial charge < -0.3 is 15.4 Å². The maximum Gasteiger partial charge on any atom is 0.460 e. The van der Waals surface area contributed by atoms with Crippen LogP contribution in [0, 0.1) is 23.4 Å². The number of thioether (sulfide) groups is 1. The van der Waals surface area contributed by atoms with Crippen molar-refractivity contribution in [2.45, 2.75) is 48.9 Å². The van der Waals surface area contributed by atoms with Gasteiger partial charge in [-0.2, -0.15) is 57.9 Å². The number of nitrogens with one attached hydrogen (secondary N) is 2. The Bertz CT molecular complexity index is 1430. The number of amides is 2. The number of thiocyanates is 1. The quantitative estimate of drug-likeness (QED) is 0.184. The second-order valence-corrected chi connectivity index (χ2v) is 9.12. The van der Waals surface area contributed by atoms with Crippen LogP contribution in [0.15, 0.2) is 17.0 Å². The van der Waals surface area contributed by atoms with Crippen LogP contribution in [-0.2, 0) is 4.79 Å². The van der Waals surface area contributed by atoms with E-state index in [1.807, 2.05) is 5.32 Å². The van der Waals surface area contributed by atoms with E-state index >= 15 is 0 Å². The average molecular weight is 663 g/mol. The van der Waals surface area contributed by atoms with Crippen LogP contribution in [0.4, 0.5) is 62.9 Å². The third-order valence-corrected chi connectivity index (χ3v) is 5.73. The van der Waals surface area contributed by atoms with E-state index in [1.165, 1.54) is 10.7 Å². The first-order valence-electron chi connectivity index (χ1n) is 10.8. The number of anilines is 1. The predicted octanol–water partition coefficient (Wildman–Crippen LogP) is 5.99. The number of rotatable bonds is 10. The number of alkyl halides is 12. The summed E-state index contributed by atoms with van der Waals surface area (Å²) in [7, 11) is 0. The van der Waals surface area contributed by atoms with E-state index in [1.54, 1.807) is 0 Å². The molecule has 1 aromatic carbocycles. The molecule has 2 amide bonds. The summed E-state index contributed by atoms with van der Waals surface area (Å²) in [4.78, 5) is 23.2. The summed E-state index contributed by atoms with van der Waals surface area (Å²) in [6, 6.07) is 1.12. The van der Waals surface area contributed by atoms with E-state index in [9.17, 15) is 66.7 Å². The lowest BCUT2D eigenvalue weighted by atomic mass is 10.0. The molecule has 1 aromatic heterocycles. The Labute approximate surface area is 235 Å². The molecule has 0 saturated heterocycles. The normalized spacial score (nSPS) is 13.0. The van der Waals surface area contributed by atoms with Crippen LogP contribution in [0.5, 0.6) is 5.88 Å². The van der Waals surface area contributed by atoms with Crippen molar-refractivity contribution < 1.29 is 71.4 Å². The summed E-state index contributed by atoms with van der Waals surface area (Å²) in [5, 5.41) is 17.2. The number of ether oxygens (including phenoxy) is 1. The Balaban J connectivity index is 2.67. The zero-order chi connectivity index (χ0) is 33.3. The summed E-state index contributed by atoms with van der Waals surface area (Å²) in [6.45, 7) is -2.88. The lowest BCUT2D eigenvalue weighted by molar-refractivity contribution is -0.398. The molecule has 0 aliphatic rings. The third-order valence-electron chi connectivity index (χ3n) is 5.07. The van der Waals surface area contributed by atoms with E-state index in [0.717, 1.165) is 13.8 Å². The highest BCUT2D eigenvalue weighted by Gasteiger charge is 2.82. The van der Waals surface area contributed by atoms with Gasteiger partial charge >= 0.3 is 30.1 Å². The molecule has 0 aliphatic carbocycles. The Hall–Kier alpha value is -3.90. The number of hydrogen-bond acceptors (Lipinski definition) is 6. The monoisotopic (exact) mass is 663 g/mol. The number of aromatic nitrogens is 2. The lowest BCUT2D eigenvalue weighted by Gasteiger charge is -2.33. The van der Waals surface area contributed by atoms with Crippen molar-refractivity contribution in [2.24, 2.45) is 0 Å². The van der Waals surface area contributed by atoms with E-state index in [4.69, 9.17) is 5.26 Å². The molecule has 238 valence electrons. The van der Waals surface area contributed by atoms with Crippen LogP contribution in [0.1, 0.15) is 22.8 Å². The van der Waals surface area contributed by atoms with Crippen LogP contribution < -0.4 is 15.4 Å². The van der Waals surface area contributed by atoms with Crippen molar-refractivity contribution in [1.29, 1.82) is 5.26 Å². The lowest BCUT2D eigenvalue weighted by Crippen LogP contribution is -2.62. The number of halogens is 13. The van der Waals surface area contributed by atoms with Gasteiger partial charge in [-0.25, -0.2) is 9.07 Å². The molecule has 0 bridgehead atoms. The standard InChI is InChI=1S/C21H14F13N5O3S/c1-8-3-11(22)12(4-10(8)15(41)36-5-18(25,26)27)39-14(37-9(2)40)13(43-7-35)16(38-39)42-6-17(23,24)19(28,29)20(30,31)21(32,33)34/h3-4H,5-6H2,1-2H3,(H,36,41)(H,37,40). The summed E-state index contributed by atoms with van der Waals surface area (Å²) < 4.78 is 176. The largest absolute Gasteiger partial charge is 0.469 e. The van der Waals surface area contributed by atoms with Crippen molar-refractivity contribution in [3.05, 3.63) is 29.1 Å². The molecule has 2 aromatic rings. The number of carbonyl (C=O) groups excluding carboxylic acids is 2. The number of nitriles is 1. The molecule has 0 spiro atoms. The van der Waals surface area contributed by atoms with Crippen molar-refractivity contribution in [3.8, 4) is 17.0 Å². The number of nitrogens with zero attached hydrogens (tertiary/aromatic N) is 3. The molecular formula is C21H14F13N5O3S. The third kappa shape index (κ3) is 7.37. The van der Waals surface area contributed by atoms with E-state index in [2.05, 4.69) is 9.84 Å². The second-order valence-electron chi connectivity index (χ2n) is 8.33. The van der Waals surface area contributed by atoms with Gasteiger partial charge in [0.1, 0.15) is 28.3 Å². The summed E-state index contributed by atoms with van der Waals surface area (Å²) in [5.74, 6) is -26.7. The van der Waals surface area contributed by atoms with E-state index < -0.39 is 88.7 Å². The average Bonchev–Trinajstić information content (AvgIpc) is 3.16. The Morgan fingerprint density at radius 3 is 2.09 bits per heavy atom. The van der Waals surface area contributed by atoms with Gasteiger partial charge in [0.2, 0.25) is 5.91 Å². The minimum atomic E-state index is -7.26. The zero-order valence-electron chi connectivity index (χ0n) is 21.0. The molecule has 2 N–H and O–H groups in total. The van der Waals surface area contributed by atoms with Crippen molar-refractivity contribution in [2.75, 3.05) is 18.5 Å². The number of carbonyl (C=O) groups is 2. The molecule has 0 fully saturated rings. The van der Waals surface area contributed by atoms with Gasteiger partial charge in [0, 0.05) is 12.5 Å². The van der Waals surface area contributed by atoms with Crippen molar-refractivity contribution in [3.63, 3.8) is 0 Å². The van der Waals surface area contributed by atoms with Gasteiger partial charge in [-0.1, -0.05) is 0 Å². The maximum absolute atomic E-state index is 15.0. The van der Waals surface area contributed by atoms with Gasteiger partial charge in [0.15, 0.2) is 12.4 Å². The fourth-order valence-corrected chi connectivity index (χ4v) is 3.58. The molecule has 0 atom stereocenters. The van der Waals surface area contributed by atoms with Crippen molar-refractivity contribution >= 4 is 29.4 Å². The fraction of sp³-hybridized carbons (Fsp3) is 0.429. The minimum Gasteiger partial charge on any atom is -0.469 e. The Morgan fingerprint density at radius 1 is 1.02 bits per heavy atom. The zero-order valence-corrected chi connectivity index (χ0v) is 21.8. The molecule has 1 heterocycles. The van der Waals surface area contributed by atoms with Gasteiger partial charge in [-0.15, -0.1) is 5.10 Å². The van der Waals surface area contributed by atoms with Gasteiger partial charge in [-0.3, -0.25) is 9.59 Å². The summed E-state index contributed by atoms with van der Waals surface area (Å²) in [6.07, 6.45) is -12.0. The van der Waals surface area contributed by atoms with E-state index in [-0.39, 0.29) is 22.0 Å². The topological polar surface area (TPSA) is 109 Å². The van der Waals surface area contributed by atoms with Crippen molar-refractivity contribution in [1.82, 2.24) is 15.1 Å². The molecule has 0 aliphatic heterocycles. The van der Waals surface area contributed by atoms with Gasteiger partial charge in [0.05, 0.1) is 0 Å². The minimum absolute atomic E-state index is 0.121. The van der Waals surface area contributed by atoms with E-state index in [0.29, 0.717) is 12.1 Å². The molecule has 43 heavy (non-hydrogen) atoms. The van der Waals surface area contributed by atoms with Crippen LogP contribution >= 0.6 is 11.8 Å². The molecule has 2 rings (SSSR count). The number of aryl methyl sites for hydroxylation is 1. The highest BCUT2D eigenvalue weighted by molar-refractivity contribution is 8.04. The first-order chi connectivity index (χ1) is 19.4. The van der Waals surface area contributed by atoms with Crippen LogP contribution in [0.2, 0.25) is 0 Å². The Morgan fingerprint density at radius 2 is 1.60 bits per heavy atom. The van der Waals surface area contributed by atoms with Gasteiger partial charge in [0.25, 0.3) is 11.8 Å². The first-order valence-corrected chi connectivity index (χ1v) is 11.6. The Kier molecular flexibility index (Phi) is 9.85. The molecule has 0 unspecified atom stereocenters. The predicted molar refractivity (Wildman–Crippen MR) is 119 cm³/mol. The molecule has 0 saturated carbocycles. The number of benzene rings is 1. The first kappa shape index (κ1) is 35.3. The van der Waals surface area contributed by atoms with Crippen LogP contribution in [0.25, 0.3) is 5.69 Å². The number of hydrogen-bond donors (Lipinski definition) is 2. The summed E-state index contributed by atoms with van der Waals surface area (Å²) in [5.41, 5.74) is -1.84. The molecule has 8 nitrogen and oxygen atoms in total.